The second-order valence-electron chi connectivity index (χ2n) is 4.80. The van der Waals surface area contributed by atoms with Crippen molar-refractivity contribution in [2.75, 3.05) is 0 Å². The fraction of sp³-hybridized carbons (Fsp3) is 0.0625. The minimum atomic E-state index is 0.533. The predicted octanol–water partition coefficient (Wildman–Crippen LogP) is 3.71. The van der Waals surface area contributed by atoms with Gasteiger partial charge in [0.05, 0.1) is 11.4 Å². The lowest BCUT2D eigenvalue weighted by Gasteiger charge is -2.03. The summed E-state index contributed by atoms with van der Waals surface area (Å²) < 4.78 is 7.27. The number of hydrogen-bond acceptors (Lipinski definition) is 5. The van der Waals surface area contributed by atoms with Crippen LogP contribution < -0.4 is 0 Å². The first-order chi connectivity index (χ1) is 10.9. The third kappa shape index (κ3) is 2.56. The van der Waals surface area contributed by atoms with Gasteiger partial charge in [0.25, 0.3) is 5.89 Å². The van der Waals surface area contributed by atoms with Gasteiger partial charge in [-0.15, -0.1) is 11.3 Å². The highest BCUT2D eigenvalue weighted by Gasteiger charge is 2.11. The molecular weight excluding hydrogens is 296 g/mol. The molecule has 0 N–H and O–H groups in total. The Balaban J connectivity index is 1.62. The average Bonchev–Trinajstić information content (AvgIpc) is 3.29. The first-order valence-electron chi connectivity index (χ1n) is 6.83. The lowest BCUT2D eigenvalue weighted by Crippen LogP contribution is -1.99. The molecular formula is C16H12N4OS. The van der Waals surface area contributed by atoms with Crippen LogP contribution >= 0.6 is 11.3 Å². The summed E-state index contributed by atoms with van der Waals surface area (Å²) in [5.41, 5.74) is 2.05. The molecule has 3 heterocycles. The lowest BCUT2D eigenvalue weighted by molar-refractivity contribution is 0.432. The predicted molar refractivity (Wildman–Crippen MR) is 84.4 cm³/mol. The molecule has 0 unspecified atom stereocenters. The Bertz CT molecular complexity index is 865. The molecule has 6 heteroatoms. The van der Waals surface area contributed by atoms with E-state index in [1.165, 1.54) is 0 Å². The van der Waals surface area contributed by atoms with E-state index in [0.717, 1.165) is 16.0 Å². The van der Waals surface area contributed by atoms with Crippen molar-refractivity contribution in [3.8, 4) is 22.2 Å². The smallest absolute Gasteiger partial charge is 0.258 e. The third-order valence-corrected chi connectivity index (χ3v) is 4.11. The number of rotatable bonds is 4. The molecule has 5 nitrogen and oxygen atoms in total. The summed E-state index contributed by atoms with van der Waals surface area (Å²) in [6.07, 6.45) is 3.71. The summed E-state index contributed by atoms with van der Waals surface area (Å²) in [4.78, 5) is 5.47. The minimum absolute atomic E-state index is 0.533. The topological polar surface area (TPSA) is 56.7 Å². The maximum Gasteiger partial charge on any atom is 0.258 e. The van der Waals surface area contributed by atoms with E-state index < -0.39 is 0 Å². The van der Waals surface area contributed by atoms with E-state index in [1.807, 2.05) is 52.7 Å². The van der Waals surface area contributed by atoms with Crippen molar-refractivity contribution >= 4 is 11.3 Å². The van der Waals surface area contributed by atoms with Crippen LogP contribution in [0.15, 0.2) is 64.8 Å². The number of aromatic nitrogens is 4. The zero-order chi connectivity index (χ0) is 14.8. The first kappa shape index (κ1) is 13.0. The molecule has 0 amide bonds. The van der Waals surface area contributed by atoms with Gasteiger partial charge < -0.3 is 4.52 Å². The fourth-order valence-electron chi connectivity index (χ4n) is 2.23. The van der Waals surface area contributed by atoms with E-state index in [1.54, 1.807) is 17.5 Å². The molecule has 0 bridgehead atoms. The number of benzene rings is 1. The van der Waals surface area contributed by atoms with Crippen molar-refractivity contribution in [3.63, 3.8) is 0 Å². The van der Waals surface area contributed by atoms with E-state index in [2.05, 4.69) is 21.3 Å². The van der Waals surface area contributed by atoms with E-state index in [0.29, 0.717) is 18.3 Å². The van der Waals surface area contributed by atoms with Crippen LogP contribution in [0, 0.1) is 0 Å². The molecule has 108 valence electrons. The van der Waals surface area contributed by atoms with Crippen molar-refractivity contribution in [1.82, 2.24) is 19.9 Å². The molecule has 0 fully saturated rings. The Morgan fingerprint density at radius 2 is 2.14 bits per heavy atom. The van der Waals surface area contributed by atoms with Crippen LogP contribution in [0.1, 0.15) is 5.56 Å². The summed E-state index contributed by atoms with van der Waals surface area (Å²) >= 11 is 1.59. The SMILES string of the molecule is c1cc(Cn2cccn2)cc(-c2nc(-c3cccs3)no2)c1. The van der Waals surface area contributed by atoms with Crippen molar-refractivity contribution < 1.29 is 4.52 Å². The van der Waals surface area contributed by atoms with Gasteiger partial charge in [-0.2, -0.15) is 10.1 Å². The van der Waals surface area contributed by atoms with Crippen LogP contribution in [0.3, 0.4) is 0 Å². The largest absolute Gasteiger partial charge is 0.334 e. The van der Waals surface area contributed by atoms with Gasteiger partial charge in [0, 0.05) is 18.0 Å². The Morgan fingerprint density at radius 1 is 1.14 bits per heavy atom. The Hall–Kier alpha value is -2.73. The highest BCUT2D eigenvalue weighted by atomic mass is 32.1. The van der Waals surface area contributed by atoms with E-state index in [4.69, 9.17) is 4.52 Å². The first-order valence-corrected chi connectivity index (χ1v) is 7.71. The summed E-state index contributed by atoms with van der Waals surface area (Å²) in [6, 6.07) is 13.9. The zero-order valence-corrected chi connectivity index (χ0v) is 12.4. The molecule has 4 aromatic rings. The monoisotopic (exact) mass is 308 g/mol. The van der Waals surface area contributed by atoms with Crippen molar-refractivity contribution in [1.29, 1.82) is 0 Å². The zero-order valence-electron chi connectivity index (χ0n) is 11.6. The molecule has 0 radical (unpaired) electrons. The van der Waals surface area contributed by atoms with Crippen LogP contribution in [0.25, 0.3) is 22.2 Å². The van der Waals surface area contributed by atoms with Gasteiger partial charge in [-0.05, 0) is 35.2 Å². The Labute approximate surface area is 130 Å². The van der Waals surface area contributed by atoms with Crippen molar-refractivity contribution in [2.24, 2.45) is 0 Å². The van der Waals surface area contributed by atoms with Gasteiger partial charge >= 0.3 is 0 Å². The van der Waals surface area contributed by atoms with Crippen molar-refractivity contribution in [3.05, 3.63) is 65.8 Å². The second kappa shape index (κ2) is 5.57. The summed E-state index contributed by atoms with van der Waals surface area (Å²) in [6.45, 7) is 0.715. The van der Waals surface area contributed by atoms with Gasteiger partial charge in [0.15, 0.2) is 0 Å². The summed E-state index contributed by atoms with van der Waals surface area (Å²) in [5, 5.41) is 10.3. The number of thiophene rings is 1. The van der Waals surface area contributed by atoms with E-state index in [9.17, 15) is 0 Å². The molecule has 0 aliphatic rings. The highest BCUT2D eigenvalue weighted by Crippen LogP contribution is 2.25. The van der Waals surface area contributed by atoms with Crippen molar-refractivity contribution in [2.45, 2.75) is 6.54 Å². The molecule has 3 aromatic heterocycles. The number of nitrogens with zero attached hydrogens (tertiary/aromatic N) is 4. The van der Waals surface area contributed by atoms with Crippen LogP contribution in [0.5, 0.6) is 0 Å². The maximum atomic E-state index is 5.39. The molecule has 0 spiro atoms. The Morgan fingerprint density at radius 3 is 2.95 bits per heavy atom. The normalized spacial score (nSPS) is 10.9. The Kier molecular flexibility index (Phi) is 3.29. The summed E-state index contributed by atoms with van der Waals surface area (Å²) in [5.74, 6) is 1.16. The quantitative estimate of drug-likeness (QED) is 0.576. The third-order valence-electron chi connectivity index (χ3n) is 3.25. The number of hydrogen-bond donors (Lipinski definition) is 0. The average molecular weight is 308 g/mol. The second-order valence-corrected chi connectivity index (χ2v) is 5.75. The van der Waals surface area contributed by atoms with Crippen LogP contribution in [0.2, 0.25) is 0 Å². The summed E-state index contributed by atoms with van der Waals surface area (Å²) in [7, 11) is 0. The molecule has 4 rings (SSSR count). The molecule has 0 saturated carbocycles. The van der Waals surface area contributed by atoms with Gasteiger partial charge in [0.2, 0.25) is 5.82 Å². The van der Waals surface area contributed by atoms with Crippen LogP contribution in [-0.4, -0.2) is 19.9 Å². The van der Waals surface area contributed by atoms with Crippen LogP contribution in [0.4, 0.5) is 0 Å². The standard InChI is InChI=1S/C16H12N4OS/c1-4-12(11-20-8-3-7-17-20)10-13(5-1)16-18-15(19-21-16)14-6-2-9-22-14/h1-10H,11H2. The van der Waals surface area contributed by atoms with E-state index in [-0.39, 0.29) is 0 Å². The van der Waals surface area contributed by atoms with Gasteiger partial charge in [0.1, 0.15) is 0 Å². The van der Waals surface area contributed by atoms with Gasteiger partial charge in [-0.1, -0.05) is 23.4 Å². The highest BCUT2D eigenvalue weighted by molar-refractivity contribution is 7.13. The molecule has 0 aliphatic carbocycles. The minimum Gasteiger partial charge on any atom is -0.334 e. The molecule has 0 atom stereocenters. The lowest BCUT2D eigenvalue weighted by atomic mass is 10.1. The molecule has 0 aliphatic heterocycles. The van der Waals surface area contributed by atoms with E-state index >= 15 is 0 Å². The maximum absolute atomic E-state index is 5.39. The molecule has 1 aromatic carbocycles. The van der Waals surface area contributed by atoms with Crippen LogP contribution in [-0.2, 0) is 6.54 Å². The fourth-order valence-corrected chi connectivity index (χ4v) is 2.88. The van der Waals surface area contributed by atoms with Gasteiger partial charge in [-0.3, -0.25) is 4.68 Å². The van der Waals surface area contributed by atoms with Gasteiger partial charge in [-0.25, -0.2) is 0 Å². The molecule has 22 heavy (non-hydrogen) atoms. The molecule has 0 saturated heterocycles.